The standard InChI is InChI=1S/C31H31FN4O2/c1-17-24(31(38)36-15-11-19(12-16-36)35-13-3-4-14-35)18(2)33-29(17)27-21-7-5-9-22(32)25(21)20-8-6-10-23-26(20)28(27)30(37)34-23/h5-10,19,33H,3-4,11-16H2,1-2H3,(H,34,37). The molecular formula is C31H31FN4O2. The van der Waals surface area contributed by atoms with E-state index in [9.17, 15) is 9.59 Å². The van der Waals surface area contributed by atoms with Gasteiger partial charge in [-0.15, -0.1) is 0 Å². The first kappa shape index (κ1) is 23.4. The molecule has 1 aromatic heterocycles. The van der Waals surface area contributed by atoms with Crippen LogP contribution in [0.4, 0.5) is 10.1 Å². The summed E-state index contributed by atoms with van der Waals surface area (Å²) in [5.41, 5.74) is 4.80. The minimum Gasteiger partial charge on any atom is -0.358 e. The minimum absolute atomic E-state index is 0.0280. The fraction of sp³-hybridized carbons (Fsp3) is 0.355. The average molecular weight is 511 g/mol. The second-order valence-electron chi connectivity index (χ2n) is 11.0. The lowest BCUT2D eigenvalue weighted by Gasteiger charge is -2.36. The third-order valence-corrected chi connectivity index (χ3v) is 8.90. The molecule has 6 nitrogen and oxygen atoms in total. The monoisotopic (exact) mass is 510 g/mol. The van der Waals surface area contributed by atoms with E-state index in [1.165, 1.54) is 32.0 Å². The number of hydrogen-bond acceptors (Lipinski definition) is 3. The molecule has 4 aromatic rings. The molecule has 3 aliphatic rings. The van der Waals surface area contributed by atoms with Crippen LogP contribution in [-0.2, 0) is 0 Å². The van der Waals surface area contributed by atoms with Crippen molar-refractivity contribution in [3.63, 3.8) is 0 Å². The van der Waals surface area contributed by atoms with E-state index in [1.807, 2.05) is 43.0 Å². The number of anilines is 1. The van der Waals surface area contributed by atoms with Gasteiger partial charge in [-0.2, -0.15) is 0 Å². The van der Waals surface area contributed by atoms with Gasteiger partial charge in [-0.1, -0.05) is 24.3 Å². The number of rotatable bonds is 3. The van der Waals surface area contributed by atoms with Gasteiger partial charge in [0.1, 0.15) is 5.82 Å². The van der Waals surface area contributed by atoms with Gasteiger partial charge in [0.2, 0.25) is 0 Å². The van der Waals surface area contributed by atoms with E-state index in [0.29, 0.717) is 50.3 Å². The summed E-state index contributed by atoms with van der Waals surface area (Å²) < 4.78 is 15.3. The molecule has 4 heterocycles. The molecule has 0 radical (unpaired) electrons. The summed E-state index contributed by atoms with van der Waals surface area (Å²) in [5.74, 6) is -0.508. The van der Waals surface area contributed by atoms with E-state index in [1.54, 1.807) is 6.07 Å². The number of amides is 2. The van der Waals surface area contributed by atoms with Gasteiger partial charge in [0.25, 0.3) is 11.8 Å². The summed E-state index contributed by atoms with van der Waals surface area (Å²) in [6.07, 6.45) is 4.56. The van der Waals surface area contributed by atoms with Crippen LogP contribution < -0.4 is 5.32 Å². The number of nitrogens with one attached hydrogen (secondary N) is 2. The van der Waals surface area contributed by atoms with Crippen molar-refractivity contribution in [1.82, 2.24) is 14.8 Å². The quantitative estimate of drug-likeness (QED) is 0.332. The Morgan fingerprint density at radius 2 is 1.63 bits per heavy atom. The predicted molar refractivity (Wildman–Crippen MR) is 148 cm³/mol. The van der Waals surface area contributed by atoms with Crippen LogP contribution in [0.5, 0.6) is 0 Å². The van der Waals surface area contributed by atoms with Crippen molar-refractivity contribution in [2.75, 3.05) is 31.5 Å². The van der Waals surface area contributed by atoms with Crippen LogP contribution in [0.1, 0.15) is 57.7 Å². The average Bonchev–Trinajstić information content (AvgIpc) is 3.64. The molecule has 194 valence electrons. The Balaban J connectivity index is 1.33. The van der Waals surface area contributed by atoms with E-state index in [0.717, 1.165) is 42.6 Å². The summed E-state index contributed by atoms with van der Waals surface area (Å²) in [6, 6.07) is 11.1. The van der Waals surface area contributed by atoms with Crippen LogP contribution in [0.15, 0.2) is 36.4 Å². The second-order valence-corrected chi connectivity index (χ2v) is 11.0. The van der Waals surface area contributed by atoms with Crippen LogP contribution in [-0.4, -0.2) is 58.8 Å². The van der Waals surface area contributed by atoms with Crippen LogP contribution >= 0.6 is 0 Å². The molecule has 38 heavy (non-hydrogen) atoms. The van der Waals surface area contributed by atoms with Crippen molar-refractivity contribution >= 4 is 39.0 Å². The maximum absolute atomic E-state index is 15.3. The Kier molecular flexibility index (Phi) is 5.34. The van der Waals surface area contributed by atoms with E-state index in [4.69, 9.17) is 0 Å². The highest BCUT2D eigenvalue weighted by Gasteiger charge is 2.34. The molecule has 3 aliphatic heterocycles. The smallest absolute Gasteiger partial charge is 0.257 e. The SMILES string of the molecule is Cc1[nH]c(-c2c3c4c(cccc4c4c(F)cccc24)NC3=O)c(C)c1C(=O)N1CCC(N2CCCC2)CC1. The Morgan fingerprint density at radius 3 is 2.39 bits per heavy atom. The van der Waals surface area contributed by atoms with E-state index < -0.39 is 0 Å². The number of aryl methyl sites for hydroxylation is 1. The normalized spacial score (nSPS) is 18.2. The zero-order valence-corrected chi connectivity index (χ0v) is 21.8. The zero-order chi connectivity index (χ0) is 26.1. The number of carbonyl (C=O) groups is 2. The zero-order valence-electron chi connectivity index (χ0n) is 21.8. The molecule has 7 rings (SSSR count). The largest absolute Gasteiger partial charge is 0.358 e. The van der Waals surface area contributed by atoms with Gasteiger partial charge in [-0.25, -0.2) is 4.39 Å². The van der Waals surface area contributed by atoms with Gasteiger partial charge in [0.15, 0.2) is 0 Å². The fourth-order valence-electron chi connectivity index (χ4n) is 7.09. The number of H-pyrrole nitrogens is 1. The number of fused-ring (bicyclic) bond motifs is 2. The summed E-state index contributed by atoms with van der Waals surface area (Å²) in [6.45, 7) is 7.70. The van der Waals surface area contributed by atoms with Gasteiger partial charge in [-0.3, -0.25) is 9.59 Å². The summed E-state index contributed by atoms with van der Waals surface area (Å²) in [5, 5.41) is 5.56. The first-order valence-corrected chi connectivity index (χ1v) is 13.6. The number of likely N-dealkylation sites (tertiary alicyclic amines) is 2. The van der Waals surface area contributed by atoms with Gasteiger partial charge < -0.3 is 20.1 Å². The van der Waals surface area contributed by atoms with Gasteiger partial charge in [0.05, 0.1) is 16.8 Å². The van der Waals surface area contributed by atoms with Crippen LogP contribution in [0.25, 0.3) is 32.8 Å². The van der Waals surface area contributed by atoms with E-state index in [-0.39, 0.29) is 17.6 Å². The number of nitrogens with zero attached hydrogens (tertiary/aromatic N) is 2. The highest BCUT2D eigenvalue weighted by molar-refractivity contribution is 6.33. The third-order valence-electron chi connectivity index (χ3n) is 8.90. The van der Waals surface area contributed by atoms with Crippen molar-refractivity contribution in [1.29, 1.82) is 0 Å². The Labute approximate surface area is 220 Å². The molecule has 7 heteroatoms. The van der Waals surface area contributed by atoms with E-state index in [2.05, 4.69) is 15.2 Å². The first-order valence-electron chi connectivity index (χ1n) is 13.6. The number of carbonyl (C=O) groups excluding carboxylic acids is 2. The molecule has 0 atom stereocenters. The van der Waals surface area contributed by atoms with Gasteiger partial charge in [-0.05, 0) is 81.1 Å². The van der Waals surface area contributed by atoms with Crippen molar-refractivity contribution < 1.29 is 14.0 Å². The van der Waals surface area contributed by atoms with Crippen molar-refractivity contribution in [3.8, 4) is 11.3 Å². The number of piperidine rings is 1. The lowest BCUT2D eigenvalue weighted by atomic mass is 9.89. The highest BCUT2D eigenvalue weighted by Crippen LogP contribution is 2.46. The van der Waals surface area contributed by atoms with Gasteiger partial charge >= 0.3 is 0 Å². The molecule has 0 bridgehead atoms. The molecular weight excluding hydrogens is 479 g/mol. The van der Waals surface area contributed by atoms with Crippen LogP contribution in [0.3, 0.4) is 0 Å². The van der Waals surface area contributed by atoms with E-state index >= 15 is 4.39 Å². The summed E-state index contributed by atoms with van der Waals surface area (Å²) >= 11 is 0. The van der Waals surface area contributed by atoms with Crippen LogP contribution in [0.2, 0.25) is 0 Å². The lowest BCUT2D eigenvalue weighted by molar-refractivity contribution is 0.0643. The molecule has 0 aliphatic carbocycles. The van der Waals surface area contributed by atoms with Crippen molar-refractivity contribution in [2.45, 2.75) is 45.6 Å². The highest BCUT2D eigenvalue weighted by atomic mass is 19.1. The lowest BCUT2D eigenvalue weighted by Crippen LogP contribution is -2.46. The van der Waals surface area contributed by atoms with Gasteiger partial charge in [0, 0.05) is 46.8 Å². The number of benzene rings is 3. The van der Waals surface area contributed by atoms with Crippen molar-refractivity contribution in [3.05, 3.63) is 64.6 Å². The molecule has 0 spiro atoms. The van der Waals surface area contributed by atoms with Crippen molar-refractivity contribution in [2.24, 2.45) is 0 Å². The maximum atomic E-state index is 15.3. The third kappa shape index (κ3) is 3.34. The fourth-order valence-corrected chi connectivity index (χ4v) is 7.09. The molecule has 2 N–H and O–H groups in total. The molecule has 2 amide bonds. The summed E-state index contributed by atoms with van der Waals surface area (Å²) in [7, 11) is 0. The Bertz CT molecular complexity index is 1640. The van der Waals surface area contributed by atoms with Crippen LogP contribution in [0, 0.1) is 19.7 Å². The summed E-state index contributed by atoms with van der Waals surface area (Å²) in [4.78, 5) is 35.1. The second kappa shape index (κ2) is 8.67. The Hall–Kier alpha value is -3.71. The number of hydrogen-bond donors (Lipinski definition) is 2. The molecule has 2 saturated heterocycles. The molecule has 0 unspecified atom stereocenters. The molecule has 0 saturated carbocycles. The maximum Gasteiger partial charge on any atom is 0.257 e. The number of halogens is 1. The molecule has 3 aromatic carbocycles. The molecule has 2 fully saturated rings. The Morgan fingerprint density at radius 1 is 0.921 bits per heavy atom. The predicted octanol–water partition coefficient (Wildman–Crippen LogP) is 6.01. The topological polar surface area (TPSA) is 68.4 Å². The number of aromatic nitrogens is 1. The first-order chi connectivity index (χ1) is 18.4. The minimum atomic E-state index is -0.329. The number of aromatic amines is 1.